The highest BCUT2D eigenvalue weighted by atomic mass is 79.9. The molecule has 0 radical (unpaired) electrons. The predicted molar refractivity (Wildman–Crippen MR) is 88.2 cm³/mol. The van der Waals surface area contributed by atoms with Crippen LogP contribution in [-0.2, 0) is 11.8 Å². The molecule has 3 rings (SSSR count). The molecule has 0 atom stereocenters. The zero-order valence-corrected chi connectivity index (χ0v) is 14.2. The quantitative estimate of drug-likeness (QED) is 0.755. The van der Waals surface area contributed by atoms with Crippen molar-refractivity contribution in [2.45, 2.75) is 32.6 Å². The molecule has 0 unspecified atom stereocenters. The van der Waals surface area contributed by atoms with E-state index in [1.807, 2.05) is 6.07 Å². The van der Waals surface area contributed by atoms with E-state index in [2.05, 4.69) is 67.0 Å². The predicted octanol–water partition coefficient (Wildman–Crippen LogP) is 5.07. The van der Waals surface area contributed by atoms with Gasteiger partial charge in [0.2, 0.25) is 6.79 Å². The summed E-state index contributed by atoms with van der Waals surface area (Å²) in [6, 6.07) is 12.7. The number of benzene rings is 2. The Morgan fingerprint density at radius 2 is 1.76 bits per heavy atom. The number of halogens is 1. The monoisotopic (exact) mass is 346 g/mol. The molecule has 0 N–H and O–H groups in total. The van der Waals surface area contributed by atoms with Crippen molar-refractivity contribution in [1.29, 1.82) is 0 Å². The lowest BCUT2D eigenvalue weighted by atomic mass is 9.82. The Morgan fingerprint density at radius 1 is 1.00 bits per heavy atom. The third-order valence-corrected chi connectivity index (χ3v) is 4.20. The fourth-order valence-electron chi connectivity index (χ4n) is 2.67. The summed E-state index contributed by atoms with van der Waals surface area (Å²) in [7, 11) is 0. The molecule has 0 saturated heterocycles. The molecule has 2 nitrogen and oxygen atoms in total. The van der Waals surface area contributed by atoms with Gasteiger partial charge in [-0.25, -0.2) is 0 Å². The van der Waals surface area contributed by atoms with Gasteiger partial charge >= 0.3 is 0 Å². The zero-order valence-electron chi connectivity index (χ0n) is 12.6. The normalized spacial score (nSPS) is 13.5. The number of hydrogen-bond donors (Lipinski definition) is 0. The van der Waals surface area contributed by atoms with Crippen LogP contribution in [0.15, 0.2) is 40.9 Å². The van der Waals surface area contributed by atoms with Crippen LogP contribution in [0.1, 0.15) is 37.5 Å². The minimum Gasteiger partial charge on any atom is -0.454 e. The second-order valence-electron chi connectivity index (χ2n) is 6.42. The highest BCUT2D eigenvalue weighted by molar-refractivity contribution is 9.10. The van der Waals surface area contributed by atoms with E-state index >= 15 is 0 Å². The van der Waals surface area contributed by atoms with Crippen molar-refractivity contribution in [3.05, 3.63) is 57.6 Å². The molecule has 0 amide bonds. The Balaban J connectivity index is 1.95. The lowest BCUT2D eigenvalue weighted by Gasteiger charge is -2.23. The lowest BCUT2D eigenvalue weighted by Crippen LogP contribution is -2.14. The summed E-state index contributed by atoms with van der Waals surface area (Å²) in [5, 5.41) is 0. The van der Waals surface area contributed by atoms with Crippen LogP contribution in [0.5, 0.6) is 11.5 Å². The first-order chi connectivity index (χ1) is 9.93. The summed E-state index contributed by atoms with van der Waals surface area (Å²) in [6.45, 7) is 7.07. The van der Waals surface area contributed by atoms with Gasteiger partial charge in [-0.15, -0.1) is 0 Å². The Hall–Kier alpha value is -1.48. The van der Waals surface area contributed by atoms with E-state index in [0.717, 1.165) is 22.4 Å². The van der Waals surface area contributed by atoms with Crippen molar-refractivity contribution in [1.82, 2.24) is 0 Å². The number of hydrogen-bond acceptors (Lipinski definition) is 2. The van der Waals surface area contributed by atoms with Gasteiger partial charge < -0.3 is 9.47 Å². The number of ether oxygens (including phenoxy) is 2. The summed E-state index contributed by atoms with van der Waals surface area (Å²) >= 11 is 3.58. The molecule has 0 aliphatic carbocycles. The van der Waals surface area contributed by atoms with Gasteiger partial charge in [-0.2, -0.15) is 0 Å². The van der Waals surface area contributed by atoms with Crippen LogP contribution in [0.4, 0.5) is 0 Å². The first-order valence-corrected chi connectivity index (χ1v) is 7.90. The second-order valence-corrected chi connectivity index (χ2v) is 7.33. The summed E-state index contributed by atoms with van der Waals surface area (Å²) in [4.78, 5) is 0. The summed E-state index contributed by atoms with van der Waals surface area (Å²) in [5.74, 6) is 1.69. The first kappa shape index (κ1) is 14.5. The van der Waals surface area contributed by atoms with Gasteiger partial charge in [0.15, 0.2) is 11.5 Å². The molecule has 0 saturated carbocycles. The third kappa shape index (κ3) is 3.08. The minimum absolute atomic E-state index is 0.120. The standard InChI is InChI=1S/C18H19BrO2/c1-18(2,3)15-10-14(19)6-5-13(15)8-12-4-7-16-17(9-12)21-11-20-16/h4-7,9-10H,8,11H2,1-3H3. The summed E-state index contributed by atoms with van der Waals surface area (Å²) in [5.41, 5.74) is 4.08. The van der Waals surface area contributed by atoms with E-state index in [-0.39, 0.29) is 5.41 Å². The van der Waals surface area contributed by atoms with Gasteiger partial charge in [0.05, 0.1) is 0 Å². The third-order valence-electron chi connectivity index (χ3n) is 3.71. The van der Waals surface area contributed by atoms with Crippen LogP contribution in [0.3, 0.4) is 0 Å². The molecule has 0 spiro atoms. The van der Waals surface area contributed by atoms with E-state index in [0.29, 0.717) is 6.79 Å². The molecule has 1 heterocycles. The molecule has 1 aliphatic heterocycles. The van der Waals surface area contributed by atoms with Crippen molar-refractivity contribution < 1.29 is 9.47 Å². The fraction of sp³-hybridized carbons (Fsp3) is 0.333. The minimum atomic E-state index is 0.120. The van der Waals surface area contributed by atoms with Gasteiger partial charge in [0.1, 0.15) is 0 Å². The maximum Gasteiger partial charge on any atom is 0.231 e. The summed E-state index contributed by atoms with van der Waals surface area (Å²) < 4.78 is 12.0. The van der Waals surface area contributed by atoms with Crippen LogP contribution in [0.25, 0.3) is 0 Å². The molecular formula is C18H19BrO2. The highest BCUT2D eigenvalue weighted by Gasteiger charge is 2.19. The van der Waals surface area contributed by atoms with Crippen LogP contribution in [0.2, 0.25) is 0 Å². The van der Waals surface area contributed by atoms with E-state index in [1.165, 1.54) is 16.7 Å². The Labute approximate surface area is 134 Å². The van der Waals surface area contributed by atoms with Gasteiger partial charge in [-0.05, 0) is 52.8 Å². The zero-order chi connectivity index (χ0) is 15.0. The molecule has 0 bridgehead atoms. The molecule has 0 aromatic heterocycles. The molecule has 3 heteroatoms. The Kier molecular flexibility index (Phi) is 3.70. The van der Waals surface area contributed by atoms with Crippen LogP contribution in [0, 0.1) is 0 Å². The van der Waals surface area contributed by atoms with Crippen molar-refractivity contribution in [2.75, 3.05) is 6.79 Å². The SMILES string of the molecule is CC(C)(C)c1cc(Br)ccc1Cc1ccc2c(c1)OCO2. The molecule has 1 aliphatic rings. The van der Waals surface area contributed by atoms with Gasteiger partial charge in [0.25, 0.3) is 0 Å². The summed E-state index contributed by atoms with van der Waals surface area (Å²) in [6.07, 6.45) is 0.899. The van der Waals surface area contributed by atoms with Crippen molar-refractivity contribution in [3.63, 3.8) is 0 Å². The second kappa shape index (κ2) is 5.38. The van der Waals surface area contributed by atoms with Gasteiger partial charge in [-0.1, -0.05) is 48.8 Å². The maximum atomic E-state index is 5.46. The topological polar surface area (TPSA) is 18.5 Å². The van der Waals surface area contributed by atoms with Crippen LogP contribution in [-0.4, -0.2) is 6.79 Å². The Bertz CT molecular complexity index is 671. The number of rotatable bonds is 2. The first-order valence-electron chi connectivity index (χ1n) is 7.11. The Morgan fingerprint density at radius 3 is 2.52 bits per heavy atom. The van der Waals surface area contributed by atoms with Gasteiger partial charge in [-0.3, -0.25) is 0 Å². The molecule has 0 fully saturated rings. The number of fused-ring (bicyclic) bond motifs is 1. The molecule has 2 aromatic carbocycles. The highest BCUT2D eigenvalue weighted by Crippen LogP contribution is 2.35. The average molecular weight is 347 g/mol. The molecule has 2 aromatic rings. The molecular weight excluding hydrogens is 328 g/mol. The molecule has 21 heavy (non-hydrogen) atoms. The smallest absolute Gasteiger partial charge is 0.231 e. The van der Waals surface area contributed by atoms with Crippen LogP contribution < -0.4 is 9.47 Å². The van der Waals surface area contributed by atoms with Crippen LogP contribution >= 0.6 is 15.9 Å². The van der Waals surface area contributed by atoms with E-state index in [1.54, 1.807) is 0 Å². The average Bonchev–Trinajstić information content (AvgIpc) is 2.87. The maximum absolute atomic E-state index is 5.46. The lowest BCUT2D eigenvalue weighted by molar-refractivity contribution is 0.174. The van der Waals surface area contributed by atoms with E-state index in [4.69, 9.17) is 9.47 Å². The largest absolute Gasteiger partial charge is 0.454 e. The van der Waals surface area contributed by atoms with Crippen molar-refractivity contribution in [3.8, 4) is 11.5 Å². The fourth-order valence-corrected chi connectivity index (χ4v) is 3.03. The molecule has 110 valence electrons. The van der Waals surface area contributed by atoms with Crippen molar-refractivity contribution >= 4 is 15.9 Å². The van der Waals surface area contributed by atoms with Gasteiger partial charge in [0, 0.05) is 4.47 Å². The van der Waals surface area contributed by atoms with Crippen molar-refractivity contribution in [2.24, 2.45) is 0 Å². The van der Waals surface area contributed by atoms with E-state index in [9.17, 15) is 0 Å². The van der Waals surface area contributed by atoms with E-state index < -0.39 is 0 Å².